The van der Waals surface area contributed by atoms with Gasteiger partial charge in [0.15, 0.2) is 0 Å². The molecule has 0 saturated heterocycles. The van der Waals surface area contributed by atoms with Crippen LogP contribution in [-0.2, 0) is 4.79 Å². The lowest BCUT2D eigenvalue weighted by Gasteiger charge is -2.21. The summed E-state index contributed by atoms with van der Waals surface area (Å²) in [7, 11) is 1.77. The number of benzene rings is 1. The van der Waals surface area contributed by atoms with Crippen molar-refractivity contribution in [2.24, 2.45) is 11.7 Å². The molecule has 1 aromatic rings. The molecule has 0 heterocycles. The number of carbonyl (C=O) groups excluding carboxylic acids is 1. The highest BCUT2D eigenvalue weighted by Gasteiger charge is 2.12. The lowest BCUT2D eigenvalue weighted by molar-refractivity contribution is -0.130. The Labute approximate surface area is 138 Å². The fraction of sp³-hybridized carbons (Fsp3) is 0.562. The van der Waals surface area contributed by atoms with Crippen LogP contribution in [0.5, 0.6) is 5.75 Å². The molecule has 6 heteroatoms. The summed E-state index contributed by atoms with van der Waals surface area (Å²) in [6.45, 7) is 5.08. The van der Waals surface area contributed by atoms with E-state index in [0.717, 1.165) is 6.42 Å². The van der Waals surface area contributed by atoms with E-state index >= 15 is 0 Å². The molecule has 0 aliphatic carbocycles. The van der Waals surface area contributed by atoms with Crippen LogP contribution in [0, 0.1) is 11.7 Å². The van der Waals surface area contributed by atoms with Gasteiger partial charge < -0.3 is 15.4 Å². The van der Waals surface area contributed by atoms with Gasteiger partial charge in [-0.2, -0.15) is 0 Å². The molecule has 0 spiro atoms. The molecular weight excluding hydrogens is 307 g/mol. The molecule has 4 nitrogen and oxygen atoms in total. The fourth-order valence-electron chi connectivity index (χ4n) is 1.78. The van der Waals surface area contributed by atoms with E-state index in [1.807, 2.05) is 0 Å². The average Bonchev–Trinajstić information content (AvgIpc) is 2.46. The van der Waals surface area contributed by atoms with Crippen molar-refractivity contribution >= 4 is 18.3 Å². The summed E-state index contributed by atoms with van der Waals surface area (Å²) in [6.07, 6.45) is 1.09. The van der Waals surface area contributed by atoms with Crippen LogP contribution in [0.4, 0.5) is 4.39 Å². The zero-order chi connectivity index (χ0) is 15.8. The third kappa shape index (κ3) is 7.61. The minimum Gasteiger partial charge on any atom is -0.493 e. The molecule has 0 radical (unpaired) electrons. The van der Waals surface area contributed by atoms with E-state index in [1.54, 1.807) is 24.1 Å². The second-order valence-electron chi connectivity index (χ2n) is 5.56. The minimum atomic E-state index is -0.306. The lowest BCUT2D eigenvalue weighted by atomic mass is 10.0. The van der Waals surface area contributed by atoms with Crippen molar-refractivity contribution in [2.75, 3.05) is 20.2 Å². The van der Waals surface area contributed by atoms with Gasteiger partial charge in [0, 0.05) is 19.6 Å². The van der Waals surface area contributed by atoms with Crippen LogP contribution < -0.4 is 10.5 Å². The first kappa shape index (κ1) is 20.7. The number of nitrogens with zero attached hydrogens (tertiary/aromatic N) is 1. The molecule has 0 aromatic heterocycles. The molecule has 1 rings (SSSR count). The number of ether oxygens (including phenoxy) is 1. The van der Waals surface area contributed by atoms with Gasteiger partial charge in [0.05, 0.1) is 13.0 Å². The Morgan fingerprint density at radius 3 is 2.45 bits per heavy atom. The summed E-state index contributed by atoms with van der Waals surface area (Å²) in [5.41, 5.74) is 5.96. The first-order valence-corrected chi connectivity index (χ1v) is 7.28. The van der Waals surface area contributed by atoms with Gasteiger partial charge in [0.25, 0.3) is 0 Å². The van der Waals surface area contributed by atoms with Crippen molar-refractivity contribution in [1.82, 2.24) is 4.90 Å². The molecule has 126 valence electrons. The highest BCUT2D eigenvalue weighted by atomic mass is 35.5. The molecule has 22 heavy (non-hydrogen) atoms. The first-order chi connectivity index (χ1) is 9.90. The summed E-state index contributed by atoms with van der Waals surface area (Å²) in [6, 6.07) is 5.86. The van der Waals surface area contributed by atoms with E-state index in [1.165, 1.54) is 12.1 Å². The molecule has 0 fully saturated rings. The number of rotatable bonds is 8. The number of nitrogens with two attached hydrogens (primary N) is 1. The zero-order valence-electron chi connectivity index (χ0n) is 13.4. The maximum absolute atomic E-state index is 12.7. The van der Waals surface area contributed by atoms with E-state index in [0.29, 0.717) is 24.6 Å². The van der Waals surface area contributed by atoms with E-state index in [4.69, 9.17) is 10.5 Å². The Morgan fingerprint density at radius 2 is 1.91 bits per heavy atom. The number of carbonyl (C=O) groups is 1. The van der Waals surface area contributed by atoms with Crippen LogP contribution in [0.1, 0.15) is 26.7 Å². The van der Waals surface area contributed by atoms with Crippen LogP contribution in [0.3, 0.4) is 0 Å². The maximum atomic E-state index is 12.7. The van der Waals surface area contributed by atoms with Crippen LogP contribution in [0.25, 0.3) is 0 Å². The van der Waals surface area contributed by atoms with E-state index in [9.17, 15) is 9.18 Å². The van der Waals surface area contributed by atoms with Gasteiger partial charge >= 0.3 is 0 Å². The predicted molar refractivity (Wildman–Crippen MR) is 88.8 cm³/mol. The predicted octanol–water partition coefficient (Wildman–Crippen LogP) is 2.85. The average molecular weight is 333 g/mol. The van der Waals surface area contributed by atoms with Crippen LogP contribution in [-0.4, -0.2) is 37.0 Å². The largest absolute Gasteiger partial charge is 0.493 e. The Hall–Kier alpha value is -1.33. The van der Waals surface area contributed by atoms with Crippen LogP contribution >= 0.6 is 12.4 Å². The number of amides is 1. The number of hydrogen-bond acceptors (Lipinski definition) is 3. The van der Waals surface area contributed by atoms with Gasteiger partial charge in [-0.3, -0.25) is 4.79 Å². The Bertz CT molecular complexity index is 440. The zero-order valence-corrected chi connectivity index (χ0v) is 14.2. The molecule has 0 aliphatic heterocycles. The summed E-state index contributed by atoms with van der Waals surface area (Å²) in [4.78, 5) is 13.6. The summed E-state index contributed by atoms with van der Waals surface area (Å²) < 4.78 is 18.1. The second kappa shape index (κ2) is 10.4. The van der Waals surface area contributed by atoms with Gasteiger partial charge in [0.1, 0.15) is 11.6 Å². The quantitative estimate of drug-likeness (QED) is 0.796. The number of halogens is 2. The topological polar surface area (TPSA) is 55.6 Å². The molecule has 2 N–H and O–H groups in total. The normalized spacial score (nSPS) is 11.7. The van der Waals surface area contributed by atoms with Crippen molar-refractivity contribution in [1.29, 1.82) is 0 Å². The molecule has 0 aliphatic rings. The smallest absolute Gasteiger partial charge is 0.225 e. The summed E-state index contributed by atoms with van der Waals surface area (Å²) in [5, 5.41) is 0. The SMILES string of the molecule is CC(C)C(N)CCN(C)C(=O)CCOc1ccc(F)cc1.Cl. The molecule has 0 bridgehead atoms. The molecule has 1 unspecified atom stereocenters. The molecule has 0 saturated carbocycles. The molecule has 1 amide bonds. The van der Waals surface area contributed by atoms with Crippen molar-refractivity contribution in [2.45, 2.75) is 32.7 Å². The van der Waals surface area contributed by atoms with Crippen LogP contribution in [0.15, 0.2) is 24.3 Å². The van der Waals surface area contributed by atoms with Gasteiger partial charge in [-0.25, -0.2) is 4.39 Å². The number of hydrogen-bond donors (Lipinski definition) is 1. The second-order valence-corrected chi connectivity index (χ2v) is 5.56. The van der Waals surface area contributed by atoms with Gasteiger partial charge in [-0.15, -0.1) is 12.4 Å². The maximum Gasteiger partial charge on any atom is 0.225 e. The van der Waals surface area contributed by atoms with E-state index in [2.05, 4.69) is 13.8 Å². The third-order valence-electron chi connectivity index (χ3n) is 3.48. The van der Waals surface area contributed by atoms with Gasteiger partial charge in [0.2, 0.25) is 5.91 Å². The Morgan fingerprint density at radius 1 is 1.32 bits per heavy atom. The molecule has 1 aromatic carbocycles. The highest BCUT2D eigenvalue weighted by molar-refractivity contribution is 5.85. The summed E-state index contributed by atoms with van der Waals surface area (Å²) in [5.74, 6) is 0.691. The monoisotopic (exact) mass is 332 g/mol. The first-order valence-electron chi connectivity index (χ1n) is 7.28. The molecule has 1 atom stereocenters. The Balaban J connectivity index is 0.00000441. The van der Waals surface area contributed by atoms with Crippen molar-refractivity contribution < 1.29 is 13.9 Å². The highest BCUT2D eigenvalue weighted by Crippen LogP contribution is 2.11. The van der Waals surface area contributed by atoms with Gasteiger partial charge in [-0.05, 0) is 36.6 Å². The molecular formula is C16H26ClFN2O2. The lowest BCUT2D eigenvalue weighted by Crippen LogP contribution is -2.35. The van der Waals surface area contributed by atoms with Crippen molar-refractivity contribution in [3.63, 3.8) is 0 Å². The fourth-order valence-corrected chi connectivity index (χ4v) is 1.78. The van der Waals surface area contributed by atoms with Gasteiger partial charge in [-0.1, -0.05) is 13.8 Å². The Kier molecular flexibility index (Phi) is 9.78. The van der Waals surface area contributed by atoms with E-state index in [-0.39, 0.29) is 36.8 Å². The van der Waals surface area contributed by atoms with Crippen molar-refractivity contribution in [3.05, 3.63) is 30.1 Å². The standard InChI is InChI=1S/C16H25FN2O2.ClH/c1-12(2)15(18)8-10-19(3)16(20)9-11-21-14-6-4-13(17)5-7-14;/h4-7,12,15H,8-11,18H2,1-3H3;1H. The van der Waals surface area contributed by atoms with Crippen molar-refractivity contribution in [3.8, 4) is 5.75 Å². The summed E-state index contributed by atoms with van der Waals surface area (Å²) >= 11 is 0. The van der Waals surface area contributed by atoms with Crippen LogP contribution in [0.2, 0.25) is 0 Å². The minimum absolute atomic E-state index is 0. The van der Waals surface area contributed by atoms with E-state index < -0.39 is 0 Å². The third-order valence-corrected chi connectivity index (χ3v) is 3.48.